The van der Waals surface area contributed by atoms with Crippen molar-refractivity contribution in [1.82, 2.24) is 24.7 Å². The second-order valence-corrected chi connectivity index (χ2v) is 20.1. The van der Waals surface area contributed by atoms with Gasteiger partial charge in [0.2, 0.25) is 5.91 Å². The molecule has 4 aromatic rings. The first-order valence-corrected chi connectivity index (χ1v) is 26.6. The zero-order valence-corrected chi connectivity index (χ0v) is 46.8. The summed E-state index contributed by atoms with van der Waals surface area (Å²) in [5, 5.41) is 40.1. The van der Waals surface area contributed by atoms with Crippen LogP contribution in [0.4, 0.5) is 86.8 Å². The molecule has 85 heavy (non-hydrogen) atoms. The number of carbonyl (C=O) groups excluding carboxylic acids is 2. The minimum atomic E-state index is -4.85. The average Bonchev–Trinajstić information content (AvgIpc) is 3.20. The fraction of sp³-hybridized carbons (Fsp3) is 0.538. The SMILES string of the molecule is O=C(CCCN1CCN(c2ccc(C(F)(F)F)nc2)CC1)N1CCC(Nc2ccc([N+](=O)[O-])c(C(F)(F)F)c2)CC1.O=C([O-])CCCN1CCN(c2ccc(C(F)(F)F)nc2)CC1.O=[N+]([O-])c1ccc(NC2CC[NH2+]CC2)cc1C(F)(F)F.[Cl-].[Li+]. The van der Waals surface area contributed by atoms with Crippen molar-refractivity contribution in [3.05, 3.63) is 116 Å². The van der Waals surface area contributed by atoms with Gasteiger partial charge in [-0.2, -0.15) is 52.7 Å². The monoisotopic (exact) mass is 1240 g/mol. The Morgan fingerprint density at radius 1 is 0.553 bits per heavy atom. The van der Waals surface area contributed by atoms with E-state index in [0.29, 0.717) is 109 Å². The predicted octanol–water partition coefficient (Wildman–Crippen LogP) is 1.54. The number of hydrogen-bond donors (Lipinski definition) is 3. The number of likely N-dealkylation sites (tertiary alicyclic amines) is 1. The Bertz CT molecular complexity index is 2780. The van der Waals surface area contributed by atoms with E-state index in [1.165, 1.54) is 36.7 Å². The van der Waals surface area contributed by atoms with Gasteiger partial charge in [0.05, 0.1) is 46.7 Å². The molecule has 8 rings (SSSR count). The third kappa shape index (κ3) is 22.1. The van der Waals surface area contributed by atoms with Crippen molar-refractivity contribution < 1.29 is 114 Å². The maximum absolute atomic E-state index is 13.2. The Morgan fingerprint density at radius 2 is 0.941 bits per heavy atom. The van der Waals surface area contributed by atoms with Crippen LogP contribution in [-0.2, 0) is 34.3 Å². The number of alkyl halides is 12. The number of nitrogens with one attached hydrogen (secondary N) is 2. The molecule has 19 nitrogen and oxygen atoms in total. The van der Waals surface area contributed by atoms with Crippen LogP contribution in [0.25, 0.3) is 0 Å². The summed E-state index contributed by atoms with van der Waals surface area (Å²) in [5.41, 5.74) is -4.53. The molecule has 1 amide bonds. The Hall–Kier alpha value is -6.39. The smallest absolute Gasteiger partial charge is 1.00 e. The molecule has 0 radical (unpaired) electrons. The van der Waals surface area contributed by atoms with Crippen LogP contribution in [0, 0.1) is 20.2 Å². The third-order valence-electron chi connectivity index (χ3n) is 14.3. The van der Waals surface area contributed by atoms with Crippen LogP contribution in [0.5, 0.6) is 0 Å². The van der Waals surface area contributed by atoms with Crippen molar-refractivity contribution in [2.75, 3.05) is 112 Å². The van der Waals surface area contributed by atoms with Crippen LogP contribution in [-0.4, -0.2) is 150 Å². The number of nitrogens with zero attached hydrogens (tertiary/aromatic N) is 9. The number of anilines is 4. The number of halogens is 13. The van der Waals surface area contributed by atoms with Crippen LogP contribution in [0.1, 0.15) is 73.9 Å². The van der Waals surface area contributed by atoms with Gasteiger partial charge in [0.15, 0.2) is 0 Å². The van der Waals surface area contributed by atoms with Crippen LogP contribution in [0.15, 0.2) is 73.1 Å². The number of pyridine rings is 2. The van der Waals surface area contributed by atoms with Crippen LogP contribution < -0.4 is 62.1 Å². The third-order valence-corrected chi connectivity index (χ3v) is 14.3. The van der Waals surface area contributed by atoms with E-state index in [-0.39, 0.29) is 67.1 Å². The number of amides is 1. The minimum absolute atomic E-state index is 0. The molecule has 0 aliphatic carbocycles. The number of nitro benzene ring substituents is 2. The summed E-state index contributed by atoms with van der Waals surface area (Å²) in [4.78, 5) is 59.6. The molecule has 6 heterocycles. The number of hydrogen-bond acceptors (Lipinski definition) is 15. The van der Waals surface area contributed by atoms with Gasteiger partial charge >= 0.3 is 43.6 Å². The number of carbonyl (C=O) groups is 2. The molecule has 4 aliphatic rings. The summed E-state index contributed by atoms with van der Waals surface area (Å²) >= 11 is 0. The van der Waals surface area contributed by atoms with Crippen molar-refractivity contribution in [3.8, 4) is 0 Å². The first-order valence-electron chi connectivity index (χ1n) is 26.6. The molecule has 0 unspecified atom stereocenters. The van der Waals surface area contributed by atoms with Crippen molar-refractivity contribution in [1.29, 1.82) is 0 Å². The molecule has 4 aliphatic heterocycles. The first kappa shape index (κ1) is 71.1. The summed E-state index contributed by atoms with van der Waals surface area (Å²) in [5.74, 6) is -1.04. The molecule has 0 spiro atoms. The number of quaternary nitrogens is 1. The van der Waals surface area contributed by atoms with Crippen molar-refractivity contribution >= 4 is 46.0 Å². The van der Waals surface area contributed by atoms with Gasteiger partial charge in [-0.25, -0.2) is 9.97 Å². The number of aromatic nitrogens is 2. The van der Waals surface area contributed by atoms with E-state index in [1.54, 1.807) is 4.90 Å². The molecular formula is C52H62ClF12LiN12O7. The fourth-order valence-electron chi connectivity index (χ4n) is 9.84. The second-order valence-electron chi connectivity index (χ2n) is 20.1. The summed E-state index contributed by atoms with van der Waals surface area (Å²) in [7, 11) is 0. The van der Waals surface area contributed by atoms with E-state index in [4.69, 9.17) is 0 Å². The maximum Gasteiger partial charge on any atom is 1.00 e. The number of rotatable bonds is 16. The van der Waals surface area contributed by atoms with E-state index in [0.717, 1.165) is 75.4 Å². The number of nitrogens with two attached hydrogens (primary N) is 1. The van der Waals surface area contributed by atoms with Crippen molar-refractivity contribution in [2.24, 2.45) is 0 Å². The Balaban J connectivity index is 0.000000297. The number of aliphatic carboxylic acids is 1. The van der Waals surface area contributed by atoms with Gasteiger partial charge in [-0.05, 0) is 93.7 Å². The molecule has 4 fully saturated rings. The van der Waals surface area contributed by atoms with E-state index in [9.17, 15) is 87.6 Å². The topological polar surface area (TPSA) is 226 Å². The van der Waals surface area contributed by atoms with Gasteiger partial charge in [-0.15, -0.1) is 0 Å². The van der Waals surface area contributed by atoms with Crippen LogP contribution >= 0.6 is 0 Å². The molecule has 464 valence electrons. The van der Waals surface area contributed by atoms with Gasteiger partial charge in [-0.3, -0.25) is 34.8 Å². The molecular weight excluding hydrogens is 1180 g/mol. The maximum atomic E-state index is 13.2. The molecule has 2 aromatic carbocycles. The van der Waals surface area contributed by atoms with E-state index < -0.39 is 74.4 Å². The van der Waals surface area contributed by atoms with Gasteiger partial charge in [-0.1, -0.05) is 0 Å². The van der Waals surface area contributed by atoms with E-state index >= 15 is 0 Å². The Morgan fingerprint density at radius 3 is 1.28 bits per heavy atom. The second kappa shape index (κ2) is 31.8. The largest absolute Gasteiger partial charge is 1.00 e. The normalized spacial score (nSPS) is 16.8. The van der Waals surface area contributed by atoms with Gasteiger partial charge in [0, 0.05) is 126 Å². The number of carboxylic acid groups (broad SMARTS) is 1. The van der Waals surface area contributed by atoms with Gasteiger partial charge in [0.1, 0.15) is 22.5 Å². The Kier molecular flexibility index (Phi) is 26.6. The van der Waals surface area contributed by atoms with Gasteiger partial charge < -0.3 is 53.0 Å². The molecule has 0 bridgehead atoms. The minimum Gasteiger partial charge on any atom is -1.00 e. The summed E-state index contributed by atoms with van der Waals surface area (Å²) in [6.07, 6.45) is -11.6. The zero-order valence-electron chi connectivity index (χ0n) is 46.0. The standard InChI is InChI=1S/C26H30F6N6O3.C14H18F3N3O2.C12H14F3N3O2.ClH.Li/c27-25(28,29)21-16-19(3-5-22(21)38(40)41)34-18-7-10-37(11-8-18)24(39)2-1-9-35-12-14-36(15-13-35)20-4-6-23(33-17-20)26(30,31)32;15-14(16,17)12-4-3-11(10-18-12)20-8-6-19(7-9-20)5-1-2-13(21)22;13-12(14,15)10-7-9(1-2-11(10)18(19)20)17-8-3-5-16-6-4-8;;/h3-6,16-18,34H,1-2,7-15H2;3-4,10H,1-2,5-9H2,(H,21,22);1-2,7-8,16-17H,3-6H2;1H;/q;;;;+1/p-1. The zero-order chi connectivity index (χ0) is 60.7. The molecule has 0 saturated carbocycles. The molecule has 4 saturated heterocycles. The van der Waals surface area contributed by atoms with Crippen LogP contribution in [0.3, 0.4) is 0 Å². The van der Waals surface area contributed by atoms with Crippen LogP contribution in [0.2, 0.25) is 0 Å². The number of carboxylic acids is 1. The predicted molar refractivity (Wildman–Crippen MR) is 277 cm³/mol. The number of nitro groups is 2. The Labute approximate surface area is 498 Å². The van der Waals surface area contributed by atoms with Gasteiger partial charge in [0.25, 0.3) is 11.4 Å². The molecule has 33 heteroatoms. The summed E-state index contributed by atoms with van der Waals surface area (Å²) in [6, 6.07) is 10.7. The average molecular weight is 1240 g/mol. The number of benzene rings is 2. The summed E-state index contributed by atoms with van der Waals surface area (Å²) < 4.78 is 154. The first-order chi connectivity index (χ1) is 39.0. The van der Waals surface area contributed by atoms with Crippen molar-refractivity contribution in [3.63, 3.8) is 0 Å². The quantitative estimate of drug-likeness (QED) is 0.0627. The van der Waals surface area contributed by atoms with Crippen molar-refractivity contribution in [2.45, 2.75) is 88.2 Å². The molecule has 2 aromatic heterocycles. The fourth-order valence-corrected chi connectivity index (χ4v) is 9.84. The van der Waals surface area contributed by atoms with E-state index in [2.05, 4.69) is 35.7 Å². The number of piperazine rings is 2. The van der Waals surface area contributed by atoms with E-state index in [1.807, 2.05) is 9.80 Å². The number of piperidine rings is 2. The molecule has 0 atom stereocenters. The molecule has 4 N–H and O–H groups in total. The summed E-state index contributed by atoms with van der Waals surface area (Å²) in [6.45, 7) is 9.71.